The van der Waals surface area contributed by atoms with E-state index < -0.39 is 0 Å². The fourth-order valence-corrected chi connectivity index (χ4v) is 2.19. The second-order valence-corrected chi connectivity index (χ2v) is 5.20. The summed E-state index contributed by atoms with van der Waals surface area (Å²) in [4.78, 5) is 11.8. The molecular weight excluding hydrogens is 314 g/mol. The topological polar surface area (TPSA) is 62.7 Å². The molecule has 0 aliphatic carbocycles. The van der Waals surface area contributed by atoms with Crippen LogP contribution in [0.1, 0.15) is 12.5 Å². The Balaban J connectivity index is 1.89. The lowest BCUT2D eigenvalue weighted by Crippen LogP contribution is -2.26. The van der Waals surface area contributed by atoms with Crippen molar-refractivity contribution < 1.29 is 9.53 Å². The number of anilines is 1. The van der Waals surface area contributed by atoms with Gasteiger partial charge in [0.2, 0.25) is 0 Å². The van der Waals surface area contributed by atoms with Crippen molar-refractivity contribution in [2.45, 2.75) is 6.92 Å². The highest BCUT2D eigenvalue weighted by atomic mass is 35.5. The number of hydrogen-bond acceptors (Lipinski definition) is 4. The Morgan fingerprint density at radius 2 is 2.00 bits per heavy atom. The average molecular weight is 332 g/mol. The first-order valence-electron chi connectivity index (χ1n) is 7.06. The Labute approximate surface area is 140 Å². The summed E-state index contributed by atoms with van der Waals surface area (Å²) in [5.74, 6) is 0.474. The summed E-state index contributed by atoms with van der Waals surface area (Å²) >= 11 is 6.09. The molecule has 0 aromatic heterocycles. The van der Waals surface area contributed by atoms with Gasteiger partial charge in [-0.3, -0.25) is 4.79 Å². The van der Waals surface area contributed by atoms with Crippen LogP contribution < -0.4 is 15.5 Å². The Morgan fingerprint density at radius 3 is 2.74 bits per heavy atom. The minimum Gasteiger partial charge on any atom is -0.497 e. The molecule has 5 nitrogen and oxygen atoms in total. The van der Waals surface area contributed by atoms with Crippen LogP contribution in [0.2, 0.25) is 5.02 Å². The number of nitrogens with one attached hydrogen (secondary N) is 2. The first-order valence-corrected chi connectivity index (χ1v) is 7.44. The molecule has 0 bridgehead atoms. The number of hydrogen-bond donors (Lipinski definition) is 2. The van der Waals surface area contributed by atoms with Gasteiger partial charge in [0.25, 0.3) is 5.91 Å². The third-order valence-corrected chi connectivity index (χ3v) is 3.46. The van der Waals surface area contributed by atoms with E-state index in [9.17, 15) is 4.79 Å². The van der Waals surface area contributed by atoms with E-state index in [0.29, 0.717) is 10.7 Å². The molecular formula is C17H18ClN3O2. The van der Waals surface area contributed by atoms with Gasteiger partial charge < -0.3 is 10.1 Å². The van der Waals surface area contributed by atoms with E-state index in [1.54, 1.807) is 20.1 Å². The van der Waals surface area contributed by atoms with Crippen LogP contribution >= 0.6 is 11.6 Å². The van der Waals surface area contributed by atoms with E-state index in [0.717, 1.165) is 17.0 Å². The molecule has 6 heteroatoms. The number of benzene rings is 2. The highest BCUT2D eigenvalue weighted by molar-refractivity contribution is 6.34. The van der Waals surface area contributed by atoms with Crippen molar-refractivity contribution in [3.05, 3.63) is 59.1 Å². The maximum atomic E-state index is 11.8. The number of ether oxygens (including phenoxy) is 1. The molecule has 0 saturated heterocycles. The zero-order chi connectivity index (χ0) is 16.7. The van der Waals surface area contributed by atoms with Gasteiger partial charge in [-0.05, 0) is 25.1 Å². The molecule has 2 N–H and O–H groups in total. The fourth-order valence-electron chi connectivity index (χ4n) is 1.92. The van der Waals surface area contributed by atoms with Crippen molar-refractivity contribution in [2.75, 3.05) is 19.0 Å². The van der Waals surface area contributed by atoms with Crippen molar-refractivity contribution in [3.63, 3.8) is 0 Å². The molecule has 0 spiro atoms. The number of carbonyl (C=O) groups is 1. The molecule has 23 heavy (non-hydrogen) atoms. The lowest BCUT2D eigenvalue weighted by atomic mass is 10.1. The third-order valence-electron chi connectivity index (χ3n) is 3.13. The van der Waals surface area contributed by atoms with Gasteiger partial charge in [-0.25, -0.2) is 5.43 Å². The van der Waals surface area contributed by atoms with Crippen LogP contribution in [-0.2, 0) is 4.79 Å². The van der Waals surface area contributed by atoms with Crippen molar-refractivity contribution in [1.82, 2.24) is 5.43 Å². The van der Waals surface area contributed by atoms with Crippen molar-refractivity contribution in [2.24, 2.45) is 5.10 Å². The van der Waals surface area contributed by atoms with Gasteiger partial charge >= 0.3 is 0 Å². The zero-order valence-corrected chi connectivity index (χ0v) is 13.7. The quantitative estimate of drug-likeness (QED) is 0.630. The predicted octanol–water partition coefficient (Wildman–Crippen LogP) is 3.30. The SMILES string of the molecule is COc1cccc(NCC(=O)N/N=C(/C)c2ccccc2Cl)c1. The number of methoxy groups -OCH3 is 1. The number of halogens is 1. The fraction of sp³-hybridized carbons (Fsp3) is 0.176. The van der Waals surface area contributed by atoms with Gasteiger partial charge in [-0.2, -0.15) is 5.10 Å². The Morgan fingerprint density at radius 1 is 1.22 bits per heavy atom. The normalized spacial score (nSPS) is 11.0. The first-order chi connectivity index (χ1) is 11.1. The van der Waals surface area contributed by atoms with Gasteiger partial charge in [0, 0.05) is 22.3 Å². The van der Waals surface area contributed by atoms with E-state index in [4.69, 9.17) is 16.3 Å². The Kier molecular flexibility index (Phi) is 6.00. The molecule has 0 aliphatic heterocycles. The first kappa shape index (κ1) is 16.8. The van der Waals surface area contributed by atoms with E-state index >= 15 is 0 Å². The second kappa shape index (κ2) is 8.19. The minimum atomic E-state index is -0.251. The maximum Gasteiger partial charge on any atom is 0.259 e. The number of carbonyl (C=O) groups excluding carboxylic acids is 1. The third kappa shape index (κ3) is 5.00. The molecule has 2 rings (SSSR count). The lowest BCUT2D eigenvalue weighted by Gasteiger charge is -2.08. The molecule has 0 aliphatic rings. The van der Waals surface area contributed by atoms with Crippen LogP contribution in [0.15, 0.2) is 53.6 Å². The molecule has 2 aromatic carbocycles. The van der Waals surface area contributed by atoms with Crippen molar-refractivity contribution in [3.8, 4) is 5.75 Å². The number of hydrazone groups is 1. The van der Waals surface area contributed by atoms with E-state index in [2.05, 4.69) is 15.8 Å². The summed E-state index contributed by atoms with van der Waals surface area (Å²) in [6.45, 7) is 1.89. The van der Waals surface area contributed by atoms with Gasteiger partial charge in [0.1, 0.15) is 5.75 Å². The summed E-state index contributed by atoms with van der Waals surface area (Å²) in [6.07, 6.45) is 0. The number of nitrogens with zero attached hydrogens (tertiary/aromatic N) is 1. The molecule has 0 radical (unpaired) electrons. The standard InChI is InChI=1S/C17H18ClN3O2/c1-12(15-8-3-4-9-16(15)18)20-21-17(22)11-19-13-6-5-7-14(10-13)23-2/h3-10,19H,11H2,1-2H3,(H,21,22)/b20-12-. The summed E-state index contributed by atoms with van der Waals surface area (Å²) in [5.41, 5.74) is 4.73. The van der Waals surface area contributed by atoms with E-state index in [1.807, 2.05) is 42.5 Å². The molecule has 0 saturated carbocycles. The van der Waals surface area contributed by atoms with Crippen LogP contribution in [0.25, 0.3) is 0 Å². The molecule has 0 heterocycles. The average Bonchev–Trinajstić information content (AvgIpc) is 2.58. The second-order valence-electron chi connectivity index (χ2n) is 4.80. The van der Waals surface area contributed by atoms with Crippen LogP contribution in [0.5, 0.6) is 5.75 Å². The van der Waals surface area contributed by atoms with Crippen LogP contribution in [0.3, 0.4) is 0 Å². The Hall–Kier alpha value is -2.53. The minimum absolute atomic E-state index is 0.104. The lowest BCUT2D eigenvalue weighted by molar-refractivity contribution is -0.119. The predicted molar refractivity (Wildman–Crippen MR) is 93.3 cm³/mol. The van der Waals surface area contributed by atoms with Gasteiger partial charge in [-0.1, -0.05) is 35.9 Å². The molecule has 0 fully saturated rings. The monoisotopic (exact) mass is 331 g/mol. The summed E-state index contributed by atoms with van der Waals surface area (Å²) < 4.78 is 5.13. The molecule has 120 valence electrons. The number of rotatable bonds is 6. The summed E-state index contributed by atoms with van der Waals surface area (Å²) in [5, 5.41) is 7.67. The molecule has 0 unspecified atom stereocenters. The van der Waals surface area contributed by atoms with Crippen molar-refractivity contribution >= 4 is 28.9 Å². The zero-order valence-electron chi connectivity index (χ0n) is 13.0. The Bertz CT molecular complexity index is 716. The largest absolute Gasteiger partial charge is 0.497 e. The van der Waals surface area contributed by atoms with Crippen LogP contribution in [0.4, 0.5) is 5.69 Å². The van der Waals surface area contributed by atoms with Gasteiger partial charge in [0.15, 0.2) is 0 Å². The summed E-state index contributed by atoms with van der Waals surface area (Å²) in [7, 11) is 1.60. The summed E-state index contributed by atoms with van der Waals surface area (Å²) in [6, 6.07) is 14.7. The van der Waals surface area contributed by atoms with Crippen molar-refractivity contribution in [1.29, 1.82) is 0 Å². The van der Waals surface area contributed by atoms with E-state index in [-0.39, 0.29) is 12.5 Å². The molecule has 0 atom stereocenters. The van der Waals surface area contributed by atoms with Gasteiger partial charge in [0.05, 0.1) is 19.4 Å². The number of amides is 1. The highest BCUT2D eigenvalue weighted by Crippen LogP contribution is 2.16. The van der Waals surface area contributed by atoms with E-state index in [1.165, 1.54) is 0 Å². The smallest absolute Gasteiger partial charge is 0.259 e. The molecule has 2 aromatic rings. The van der Waals surface area contributed by atoms with Crippen LogP contribution in [0, 0.1) is 0 Å². The molecule has 1 amide bonds. The van der Waals surface area contributed by atoms with Gasteiger partial charge in [-0.15, -0.1) is 0 Å². The maximum absolute atomic E-state index is 11.8. The van der Waals surface area contributed by atoms with Crippen LogP contribution in [-0.4, -0.2) is 25.3 Å². The highest BCUT2D eigenvalue weighted by Gasteiger charge is 2.04.